The van der Waals surface area contributed by atoms with Crippen LogP contribution in [0, 0.1) is 0 Å². The van der Waals surface area contributed by atoms with Crippen LogP contribution in [0.3, 0.4) is 0 Å². The van der Waals surface area contributed by atoms with Crippen LogP contribution in [0.2, 0.25) is 5.02 Å². The summed E-state index contributed by atoms with van der Waals surface area (Å²) in [6.45, 7) is 3.56. The number of aliphatic hydroxyl groups excluding tert-OH is 1. The number of likely N-dealkylation sites (N-methyl/N-ethyl adjacent to an activating group) is 1. The molecule has 9 heteroatoms. The van der Waals surface area contributed by atoms with Crippen LogP contribution in [0.1, 0.15) is 12.0 Å². The van der Waals surface area contributed by atoms with Crippen LogP contribution in [0.25, 0.3) is 22.2 Å². The van der Waals surface area contributed by atoms with E-state index in [1.54, 1.807) is 12.3 Å². The maximum atomic E-state index is 10.1. The molecule has 1 fully saturated rings. The Hall–Kier alpha value is -3.43. The predicted octanol–water partition coefficient (Wildman–Crippen LogP) is 4.81. The first-order chi connectivity index (χ1) is 18.4. The summed E-state index contributed by atoms with van der Waals surface area (Å²) >= 11 is 6.49. The number of para-hydroxylation sites is 1. The maximum Gasteiger partial charge on any atom is 0.223 e. The van der Waals surface area contributed by atoms with E-state index >= 15 is 0 Å². The summed E-state index contributed by atoms with van der Waals surface area (Å²) in [5.74, 6) is 0.593. The van der Waals surface area contributed by atoms with Gasteiger partial charge in [0.15, 0.2) is 0 Å². The van der Waals surface area contributed by atoms with Crippen LogP contribution < -0.4 is 10.6 Å². The summed E-state index contributed by atoms with van der Waals surface area (Å²) in [6, 6.07) is 16.6. The SMILES string of the molecule is CN(C)C/C=C/C(O)Nc1ccc(CN2CC[C@@H](Nc3ncc(Cl)c(-c4c[nH]c5ccccc45)n3)C2)cc1. The number of nitrogens with zero attached hydrogens (tertiary/aromatic N) is 4. The lowest BCUT2D eigenvalue weighted by atomic mass is 10.1. The Morgan fingerprint density at radius 1 is 1.21 bits per heavy atom. The van der Waals surface area contributed by atoms with E-state index in [1.165, 1.54) is 5.56 Å². The summed E-state index contributed by atoms with van der Waals surface area (Å²) in [6.07, 6.45) is 7.63. The van der Waals surface area contributed by atoms with Gasteiger partial charge in [0.2, 0.25) is 5.95 Å². The van der Waals surface area contributed by atoms with Crippen molar-refractivity contribution in [3.63, 3.8) is 0 Å². The smallest absolute Gasteiger partial charge is 0.223 e. The number of hydrogen-bond acceptors (Lipinski definition) is 7. The highest BCUT2D eigenvalue weighted by Crippen LogP contribution is 2.32. The quantitative estimate of drug-likeness (QED) is 0.172. The molecule has 198 valence electrons. The van der Waals surface area contributed by atoms with E-state index in [9.17, 15) is 5.11 Å². The van der Waals surface area contributed by atoms with Crippen molar-refractivity contribution in [1.82, 2.24) is 24.8 Å². The molecule has 0 bridgehead atoms. The highest BCUT2D eigenvalue weighted by molar-refractivity contribution is 6.33. The predicted molar refractivity (Wildman–Crippen MR) is 155 cm³/mol. The number of aliphatic hydroxyl groups is 1. The number of anilines is 2. The third-order valence-electron chi connectivity index (χ3n) is 6.66. The van der Waals surface area contributed by atoms with Crippen LogP contribution in [0.4, 0.5) is 11.6 Å². The second-order valence-corrected chi connectivity index (χ2v) is 10.4. The van der Waals surface area contributed by atoms with E-state index in [4.69, 9.17) is 16.6 Å². The molecule has 1 aliphatic rings. The number of halogens is 1. The number of H-pyrrole nitrogens is 1. The Morgan fingerprint density at radius 2 is 2.03 bits per heavy atom. The molecular formula is C29H34ClN7O. The van der Waals surface area contributed by atoms with E-state index in [1.807, 2.05) is 61.6 Å². The summed E-state index contributed by atoms with van der Waals surface area (Å²) in [5, 5.41) is 18.4. The van der Waals surface area contributed by atoms with Crippen molar-refractivity contribution >= 4 is 34.1 Å². The monoisotopic (exact) mass is 531 g/mol. The van der Waals surface area contributed by atoms with Gasteiger partial charge in [-0.15, -0.1) is 0 Å². The number of hydrogen-bond donors (Lipinski definition) is 4. The zero-order chi connectivity index (χ0) is 26.5. The van der Waals surface area contributed by atoms with Crippen molar-refractivity contribution in [2.24, 2.45) is 0 Å². The highest BCUT2D eigenvalue weighted by Gasteiger charge is 2.23. The Morgan fingerprint density at radius 3 is 2.84 bits per heavy atom. The lowest BCUT2D eigenvalue weighted by Gasteiger charge is -2.18. The Kier molecular flexibility index (Phi) is 8.24. The van der Waals surface area contributed by atoms with E-state index in [2.05, 4.69) is 43.7 Å². The van der Waals surface area contributed by atoms with Gasteiger partial charge >= 0.3 is 0 Å². The van der Waals surface area contributed by atoms with Crippen molar-refractivity contribution in [1.29, 1.82) is 0 Å². The third-order valence-corrected chi connectivity index (χ3v) is 6.93. The van der Waals surface area contributed by atoms with Gasteiger partial charge in [-0.2, -0.15) is 0 Å². The minimum atomic E-state index is -0.710. The molecule has 0 aliphatic carbocycles. The molecule has 3 heterocycles. The van der Waals surface area contributed by atoms with Gasteiger partial charge in [0, 0.05) is 60.6 Å². The molecule has 1 saturated heterocycles. The number of aromatic amines is 1. The molecule has 2 aromatic carbocycles. The Balaban J connectivity index is 1.16. The average Bonchev–Trinajstić information content (AvgIpc) is 3.53. The first-order valence-corrected chi connectivity index (χ1v) is 13.3. The Bertz CT molecular complexity index is 1390. The minimum Gasteiger partial charge on any atom is -0.370 e. The van der Waals surface area contributed by atoms with Crippen molar-refractivity contribution < 1.29 is 5.11 Å². The first kappa shape index (κ1) is 26.2. The van der Waals surface area contributed by atoms with Gasteiger partial charge in [-0.3, -0.25) is 4.90 Å². The molecule has 1 unspecified atom stereocenters. The number of rotatable bonds is 10. The zero-order valence-corrected chi connectivity index (χ0v) is 22.5. The molecule has 0 spiro atoms. The molecule has 1 aliphatic heterocycles. The fraction of sp³-hybridized carbons (Fsp3) is 0.310. The van der Waals surface area contributed by atoms with Crippen molar-refractivity contribution in [3.05, 3.63) is 83.7 Å². The lowest BCUT2D eigenvalue weighted by molar-refractivity contribution is 0.251. The van der Waals surface area contributed by atoms with Gasteiger partial charge in [0.1, 0.15) is 6.23 Å². The van der Waals surface area contributed by atoms with Crippen molar-refractivity contribution in [2.75, 3.05) is 44.4 Å². The molecule has 0 amide bonds. The first-order valence-electron chi connectivity index (χ1n) is 12.9. The Labute approximate surface area is 228 Å². The minimum absolute atomic E-state index is 0.261. The molecule has 5 rings (SSSR count). The van der Waals surface area contributed by atoms with Crippen LogP contribution in [0.5, 0.6) is 0 Å². The second kappa shape index (κ2) is 12.0. The molecule has 0 radical (unpaired) electrons. The van der Waals surface area contributed by atoms with Crippen LogP contribution in [-0.4, -0.2) is 75.9 Å². The van der Waals surface area contributed by atoms with E-state index in [0.717, 1.165) is 60.4 Å². The summed E-state index contributed by atoms with van der Waals surface area (Å²) in [7, 11) is 3.99. The molecule has 4 aromatic rings. The third kappa shape index (κ3) is 6.52. The lowest BCUT2D eigenvalue weighted by Crippen LogP contribution is -2.26. The van der Waals surface area contributed by atoms with Gasteiger partial charge < -0.3 is 25.6 Å². The largest absolute Gasteiger partial charge is 0.370 e. The van der Waals surface area contributed by atoms with Gasteiger partial charge in [-0.25, -0.2) is 9.97 Å². The number of likely N-dealkylation sites (tertiary alicyclic amines) is 1. The number of aromatic nitrogens is 3. The standard InChI is InChI=1S/C29H34ClN7O/c1-36(2)14-5-8-27(38)33-21-11-9-20(10-12-21)18-37-15-13-22(19-37)34-29-32-17-25(30)28(35-29)24-16-31-26-7-4-3-6-23(24)26/h3-12,16-17,22,27,31,33,38H,13-15,18-19H2,1-2H3,(H,32,34,35)/b8-5+/t22-,27?/m1/s1. The topological polar surface area (TPSA) is 92.3 Å². The van der Waals surface area contributed by atoms with Crippen molar-refractivity contribution in [2.45, 2.75) is 25.2 Å². The number of benzene rings is 2. The van der Waals surface area contributed by atoms with E-state index in [0.29, 0.717) is 11.0 Å². The molecule has 0 saturated carbocycles. The second-order valence-electron chi connectivity index (χ2n) is 9.98. The van der Waals surface area contributed by atoms with E-state index < -0.39 is 6.23 Å². The summed E-state index contributed by atoms with van der Waals surface area (Å²) in [5.41, 5.74) is 4.87. The molecule has 38 heavy (non-hydrogen) atoms. The van der Waals surface area contributed by atoms with Crippen molar-refractivity contribution in [3.8, 4) is 11.3 Å². The van der Waals surface area contributed by atoms with Crippen LogP contribution in [0.15, 0.2) is 73.1 Å². The molecule has 8 nitrogen and oxygen atoms in total. The fourth-order valence-corrected chi connectivity index (χ4v) is 4.95. The molecule has 2 aromatic heterocycles. The fourth-order valence-electron chi connectivity index (χ4n) is 4.75. The number of nitrogens with one attached hydrogen (secondary N) is 3. The normalized spacial score (nSPS) is 17.0. The summed E-state index contributed by atoms with van der Waals surface area (Å²) < 4.78 is 0. The molecular weight excluding hydrogens is 498 g/mol. The van der Waals surface area contributed by atoms with Gasteiger partial charge in [0.25, 0.3) is 0 Å². The highest BCUT2D eigenvalue weighted by atomic mass is 35.5. The van der Waals surface area contributed by atoms with Crippen LogP contribution in [-0.2, 0) is 6.54 Å². The average molecular weight is 532 g/mol. The number of fused-ring (bicyclic) bond motifs is 1. The van der Waals surface area contributed by atoms with Gasteiger partial charge in [0.05, 0.1) is 16.9 Å². The maximum absolute atomic E-state index is 10.1. The van der Waals surface area contributed by atoms with Gasteiger partial charge in [-0.1, -0.05) is 48.0 Å². The molecule has 4 N–H and O–H groups in total. The van der Waals surface area contributed by atoms with E-state index in [-0.39, 0.29) is 6.04 Å². The molecule has 2 atom stereocenters. The summed E-state index contributed by atoms with van der Waals surface area (Å²) in [4.78, 5) is 17.0. The van der Waals surface area contributed by atoms with Gasteiger partial charge in [-0.05, 0) is 50.4 Å². The van der Waals surface area contributed by atoms with Crippen LogP contribution >= 0.6 is 11.6 Å². The zero-order valence-electron chi connectivity index (χ0n) is 21.7.